The molecule has 0 amide bonds. The van der Waals surface area contributed by atoms with Crippen molar-refractivity contribution in [2.24, 2.45) is 9.98 Å². The monoisotopic (exact) mass is 412 g/mol. The number of allylic oxidation sites excluding steroid dienone is 4. The molecule has 0 aromatic carbocycles. The zero-order chi connectivity index (χ0) is 21.2. The van der Waals surface area contributed by atoms with E-state index in [2.05, 4.69) is 31.6 Å². The molecule has 1 atom stereocenters. The maximum atomic E-state index is 12.7. The van der Waals surface area contributed by atoms with Crippen LogP contribution in [0.25, 0.3) is 0 Å². The van der Waals surface area contributed by atoms with Crippen LogP contribution in [-0.2, 0) is 16.0 Å². The fourth-order valence-electron chi connectivity index (χ4n) is 2.33. The zero-order valence-electron chi connectivity index (χ0n) is 16.7. The largest absolute Gasteiger partial charge is 0.464 e. The lowest BCUT2D eigenvalue weighted by Crippen LogP contribution is -2.19. The number of aromatic nitrogens is 1. The minimum atomic E-state index is -0.481. The van der Waals surface area contributed by atoms with E-state index in [1.807, 2.05) is 31.2 Å². The number of aliphatic imine (C=N–C) groups is 2. The van der Waals surface area contributed by atoms with Crippen LogP contribution in [0.15, 0.2) is 63.7 Å². The lowest BCUT2D eigenvalue weighted by Gasteiger charge is -2.08. The second-order valence-electron chi connectivity index (χ2n) is 6.19. The van der Waals surface area contributed by atoms with Gasteiger partial charge in [-0.15, -0.1) is 11.3 Å². The topological polar surface area (TPSA) is 93.0 Å². The normalized spacial score (nSPS) is 21.1. The van der Waals surface area contributed by atoms with Crippen LogP contribution in [0.1, 0.15) is 28.8 Å². The van der Waals surface area contributed by atoms with Gasteiger partial charge < -0.3 is 10.1 Å². The molecule has 1 aromatic heterocycles. The Hall–Kier alpha value is -3.13. The second kappa shape index (κ2) is 11.0. The fourth-order valence-corrected chi connectivity index (χ4v) is 3.11. The smallest absolute Gasteiger partial charge is 0.357 e. The molecule has 2 rings (SSSR count). The summed E-state index contributed by atoms with van der Waals surface area (Å²) in [6.45, 7) is 5.79. The van der Waals surface area contributed by atoms with Gasteiger partial charge in [-0.1, -0.05) is 30.9 Å². The summed E-state index contributed by atoms with van der Waals surface area (Å²) in [5.74, 6) is -0.712. The predicted octanol–water partition coefficient (Wildman–Crippen LogP) is 3.07. The number of hydrogen-bond donors (Lipinski definition) is 1. The molecule has 0 spiro atoms. The summed E-state index contributed by atoms with van der Waals surface area (Å²) in [5, 5.41) is 5.50. The highest BCUT2D eigenvalue weighted by Crippen LogP contribution is 2.13. The Bertz CT molecular complexity index is 922. The van der Waals surface area contributed by atoms with Gasteiger partial charge in [0.2, 0.25) is 5.78 Å². The first-order valence-electron chi connectivity index (χ1n) is 8.99. The van der Waals surface area contributed by atoms with E-state index in [4.69, 9.17) is 0 Å². The summed E-state index contributed by atoms with van der Waals surface area (Å²) >= 11 is 1.33. The molecule has 1 aliphatic heterocycles. The van der Waals surface area contributed by atoms with E-state index in [1.54, 1.807) is 18.6 Å². The molecule has 152 valence electrons. The second-order valence-corrected chi connectivity index (χ2v) is 7.13. The summed E-state index contributed by atoms with van der Waals surface area (Å²) in [5.41, 5.74) is 1.58. The van der Waals surface area contributed by atoms with E-state index in [9.17, 15) is 9.59 Å². The van der Waals surface area contributed by atoms with Gasteiger partial charge in [-0.25, -0.2) is 9.78 Å². The van der Waals surface area contributed by atoms with Gasteiger partial charge in [-0.05, 0) is 13.3 Å². The molecule has 1 aliphatic rings. The van der Waals surface area contributed by atoms with Crippen LogP contribution in [0, 0.1) is 0 Å². The number of rotatable bonds is 7. The lowest BCUT2D eigenvalue weighted by molar-refractivity contribution is -0.112. The van der Waals surface area contributed by atoms with Crippen LogP contribution in [0.2, 0.25) is 0 Å². The molecule has 0 fully saturated rings. The van der Waals surface area contributed by atoms with E-state index in [0.29, 0.717) is 29.1 Å². The van der Waals surface area contributed by atoms with Gasteiger partial charge in [0.25, 0.3) is 0 Å². The average Bonchev–Trinajstić information content (AvgIpc) is 3.22. The van der Waals surface area contributed by atoms with Gasteiger partial charge in [-0.3, -0.25) is 14.8 Å². The molecule has 0 saturated carbocycles. The van der Waals surface area contributed by atoms with Gasteiger partial charge in [0.05, 0.1) is 17.8 Å². The van der Waals surface area contributed by atoms with Crippen LogP contribution >= 0.6 is 11.3 Å². The first-order chi connectivity index (χ1) is 13.9. The lowest BCUT2D eigenvalue weighted by atomic mass is 10.1. The van der Waals surface area contributed by atoms with Crippen LogP contribution in [0.4, 0.5) is 0 Å². The van der Waals surface area contributed by atoms with E-state index >= 15 is 0 Å². The Morgan fingerprint density at radius 1 is 1.45 bits per heavy atom. The molecule has 7 nitrogen and oxygen atoms in total. The number of carbonyl (C=O) groups excluding carboxylic acids is 2. The Morgan fingerprint density at radius 2 is 2.24 bits per heavy atom. The van der Waals surface area contributed by atoms with Crippen molar-refractivity contribution >= 4 is 35.0 Å². The number of Topliss-reactive ketones (excluding diaryl/α,β-unsaturated/α-hetero) is 1. The van der Waals surface area contributed by atoms with Crippen molar-refractivity contribution in [3.8, 4) is 0 Å². The fraction of sp³-hybridized carbons (Fsp3) is 0.286. The third-order valence-corrected chi connectivity index (χ3v) is 4.84. The summed E-state index contributed by atoms with van der Waals surface area (Å²) < 4.78 is 4.66. The Kier molecular flexibility index (Phi) is 8.42. The maximum Gasteiger partial charge on any atom is 0.357 e. The van der Waals surface area contributed by atoms with Gasteiger partial charge >= 0.3 is 5.97 Å². The predicted molar refractivity (Wildman–Crippen MR) is 117 cm³/mol. The van der Waals surface area contributed by atoms with Crippen molar-refractivity contribution in [2.45, 2.75) is 25.8 Å². The first kappa shape index (κ1) is 22.2. The third-order valence-electron chi connectivity index (χ3n) is 3.99. The van der Waals surface area contributed by atoms with Crippen LogP contribution in [-0.4, -0.2) is 48.9 Å². The number of esters is 1. The van der Waals surface area contributed by atoms with E-state index in [-0.39, 0.29) is 23.2 Å². The molecule has 1 unspecified atom stereocenters. The van der Waals surface area contributed by atoms with Crippen molar-refractivity contribution in [3.05, 3.63) is 64.4 Å². The molecule has 0 radical (unpaired) electrons. The summed E-state index contributed by atoms with van der Waals surface area (Å²) in [6.07, 6.45) is 11.9. The third kappa shape index (κ3) is 6.76. The highest BCUT2D eigenvalue weighted by Gasteiger charge is 2.14. The van der Waals surface area contributed by atoms with Gasteiger partial charge in [0.15, 0.2) is 5.69 Å². The van der Waals surface area contributed by atoms with Crippen LogP contribution in [0.3, 0.4) is 0 Å². The van der Waals surface area contributed by atoms with Crippen molar-refractivity contribution < 1.29 is 14.3 Å². The number of methoxy groups -OCH3 is 1. The number of hydrogen-bond acceptors (Lipinski definition) is 8. The van der Waals surface area contributed by atoms with Gasteiger partial charge in [0.1, 0.15) is 5.70 Å². The Balaban J connectivity index is 2.03. The summed E-state index contributed by atoms with van der Waals surface area (Å²) in [4.78, 5) is 36.8. The number of thiazole rings is 1. The number of nitrogens with zero attached hydrogens (tertiary/aromatic N) is 3. The quantitative estimate of drug-likeness (QED) is 0.422. The standard InChI is InChI=1S/C21H24N4O3S/c1-14-8-6-5-7-9-16(11-23-14)20(26)15(2)24-12-17(22-3)10-19-25-18(13-29-19)21(27)28-4/h5-8,11-14,23H,2,9-10H2,1,3-4H3/b7-5-,8-6-,16-11+,22-17?,24-12?. The molecule has 0 bridgehead atoms. The molecule has 0 saturated heterocycles. The van der Waals surface area contributed by atoms with Crippen molar-refractivity contribution in [1.82, 2.24) is 10.3 Å². The number of ketones is 1. The molecule has 8 heteroatoms. The molecule has 29 heavy (non-hydrogen) atoms. The highest BCUT2D eigenvalue weighted by atomic mass is 32.1. The molecular weight excluding hydrogens is 388 g/mol. The molecule has 1 aromatic rings. The SMILES string of the molecule is C=C(N=CC(Cc1nc(C(=O)OC)cs1)=NC)C(=O)/C1=C/NC(C)/C=C\C=C/C1. The number of carbonyl (C=O) groups is 2. The zero-order valence-corrected chi connectivity index (χ0v) is 17.5. The summed E-state index contributed by atoms with van der Waals surface area (Å²) in [6, 6.07) is 0.115. The minimum Gasteiger partial charge on any atom is -0.464 e. The maximum absolute atomic E-state index is 12.7. The average molecular weight is 413 g/mol. The van der Waals surface area contributed by atoms with Gasteiger partial charge in [0, 0.05) is 42.9 Å². The molecule has 0 aliphatic carbocycles. The summed E-state index contributed by atoms with van der Waals surface area (Å²) in [7, 11) is 2.94. The number of ether oxygens (including phenoxy) is 1. The molecule has 2 heterocycles. The molecular formula is C21H24N4O3S. The molecule has 1 N–H and O–H groups in total. The minimum absolute atomic E-state index is 0.115. The van der Waals surface area contributed by atoms with Crippen LogP contribution < -0.4 is 5.32 Å². The van der Waals surface area contributed by atoms with E-state index in [1.165, 1.54) is 24.7 Å². The van der Waals surface area contributed by atoms with Crippen molar-refractivity contribution in [3.63, 3.8) is 0 Å². The number of nitrogens with one attached hydrogen (secondary N) is 1. The van der Waals surface area contributed by atoms with E-state index < -0.39 is 5.97 Å². The van der Waals surface area contributed by atoms with E-state index in [0.717, 1.165) is 0 Å². The van der Waals surface area contributed by atoms with Crippen molar-refractivity contribution in [1.29, 1.82) is 0 Å². The Labute approximate surface area is 174 Å². The van der Waals surface area contributed by atoms with Crippen molar-refractivity contribution in [2.75, 3.05) is 14.2 Å². The Morgan fingerprint density at radius 3 is 2.97 bits per heavy atom. The first-order valence-corrected chi connectivity index (χ1v) is 9.87. The highest BCUT2D eigenvalue weighted by molar-refractivity contribution is 7.10. The van der Waals surface area contributed by atoms with Crippen LogP contribution in [0.5, 0.6) is 0 Å². The van der Waals surface area contributed by atoms with Gasteiger partial charge in [-0.2, -0.15) is 0 Å².